The molecular formula is C18H24O4. The zero-order valence-electron chi connectivity index (χ0n) is 13.3. The Morgan fingerprint density at radius 3 is 1.73 bits per heavy atom. The zero-order valence-corrected chi connectivity index (χ0v) is 13.3. The fraction of sp³-hybridized carbons (Fsp3) is 0.667. The van der Waals surface area contributed by atoms with Crippen molar-refractivity contribution in [1.29, 1.82) is 0 Å². The Morgan fingerprint density at radius 1 is 0.909 bits per heavy atom. The molecule has 0 N–H and O–H groups in total. The third kappa shape index (κ3) is 2.38. The van der Waals surface area contributed by atoms with Crippen molar-refractivity contribution in [2.24, 2.45) is 17.3 Å². The second-order valence-electron chi connectivity index (χ2n) is 6.98. The molecule has 0 aromatic rings. The van der Waals surface area contributed by atoms with Crippen LogP contribution in [-0.2, 0) is 19.1 Å². The minimum absolute atomic E-state index is 0.134. The molecule has 0 radical (unpaired) electrons. The summed E-state index contributed by atoms with van der Waals surface area (Å²) in [5.41, 5.74) is -1.20. The van der Waals surface area contributed by atoms with Crippen molar-refractivity contribution >= 4 is 11.9 Å². The van der Waals surface area contributed by atoms with Gasteiger partial charge in [-0.1, -0.05) is 24.3 Å². The van der Waals surface area contributed by atoms with E-state index in [4.69, 9.17) is 9.47 Å². The molecule has 0 aromatic carbocycles. The van der Waals surface area contributed by atoms with Gasteiger partial charge in [0.05, 0.1) is 0 Å². The van der Waals surface area contributed by atoms with Crippen molar-refractivity contribution in [3.63, 3.8) is 0 Å². The largest absolute Gasteiger partial charge is 0.422 e. The minimum Gasteiger partial charge on any atom is -0.422 e. The van der Waals surface area contributed by atoms with Crippen LogP contribution in [0, 0.1) is 17.3 Å². The Morgan fingerprint density at radius 2 is 1.36 bits per heavy atom. The van der Waals surface area contributed by atoms with Gasteiger partial charge in [-0.3, -0.25) is 9.59 Å². The molecule has 2 unspecified atom stereocenters. The van der Waals surface area contributed by atoms with Gasteiger partial charge in [0.2, 0.25) is 0 Å². The van der Waals surface area contributed by atoms with Crippen LogP contribution in [0.1, 0.15) is 52.4 Å². The number of ether oxygens (including phenoxy) is 2. The average molecular weight is 304 g/mol. The highest BCUT2D eigenvalue weighted by Crippen LogP contribution is 2.50. The van der Waals surface area contributed by atoms with E-state index in [1.807, 2.05) is 12.2 Å². The number of cyclic esters (lactones) is 2. The first-order valence-electron chi connectivity index (χ1n) is 8.27. The molecule has 22 heavy (non-hydrogen) atoms. The lowest BCUT2D eigenvalue weighted by Gasteiger charge is -2.47. The molecule has 1 saturated heterocycles. The molecule has 2 aliphatic carbocycles. The van der Waals surface area contributed by atoms with Crippen LogP contribution in [0.2, 0.25) is 0 Å². The highest BCUT2D eigenvalue weighted by molar-refractivity contribution is 6.03. The van der Waals surface area contributed by atoms with Crippen molar-refractivity contribution in [2.75, 3.05) is 0 Å². The standard InChI is InChI=1S/C18H24O4/c1-17(2)21-15(19)18(16(20)22-17,13-9-5-3-6-10-13)14-11-7-4-8-12-14/h5,7,9,11,13-14H,3-4,6,8,10,12H2,1-2H3. The third-order valence-electron chi connectivity index (χ3n) is 5.03. The summed E-state index contributed by atoms with van der Waals surface area (Å²) >= 11 is 0. The van der Waals surface area contributed by atoms with Crippen LogP contribution in [0.4, 0.5) is 0 Å². The van der Waals surface area contributed by atoms with E-state index in [2.05, 4.69) is 12.2 Å². The molecule has 0 amide bonds. The maximum Gasteiger partial charge on any atom is 0.327 e. The summed E-state index contributed by atoms with van der Waals surface area (Å²) in [5, 5.41) is 0. The van der Waals surface area contributed by atoms with E-state index in [0.717, 1.165) is 38.5 Å². The predicted molar refractivity (Wildman–Crippen MR) is 81.7 cm³/mol. The molecule has 2 atom stereocenters. The Balaban J connectivity index is 2.06. The van der Waals surface area contributed by atoms with Crippen LogP contribution in [-0.4, -0.2) is 17.7 Å². The molecule has 3 rings (SSSR count). The van der Waals surface area contributed by atoms with E-state index in [9.17, 15) is 9.59 Å². The lowest BCUT2D eigenvalue weighted by Crippen LogP contribution is -2.60. The smallest absolute Gasteiger partial charge is 0.327 e. The van der Waals surface area contributed by atoms with Crippen molar-refractivity contribution in [1.82, 2.24) is 0 Å². The topological polar surface area (TPSA) is 52.6 Å². The number of hydrogen-bond acceptors (Lipinski definition) is 4. The van der Waals surface area contributed by atoms with Gasteiger partial charge in [0.1, 0.15) is 0 Å². The summed E-state index contributed by atoms with van der Waals surface area (Å²) in [6, 6.07) is 0. The highest BCUT2D eigenvalue weighted by atomic mass is 16.7. The number of allylic oxidation sites excluding steroid dienone is 4. The van der Waals surface area contributed by atoms with Crippen LogP contribution < -0.4 is 0 Å². The van der Waals surface area contributed by atoms with Crippen LogP contribution in [0.5, 0.6) is 0 Å². The van der Waals surface area contributed by atoms with Gasteiger partial charge in [-0.2, -0.15) is 0 Å². The number of hydrogen-bond donors (Lipinski definition) is 0. The molecule has 4 heteroatoms. The van der Waals surface area contributed by atoms with E-state index < -0.39 is 23.1 Å². The monoisotopic (exact) mass is 304 g/mol. The quantitative estimate of drug-likeness (QED) is 0.445. The Labute approximate surface area is 131 Å². The molecule has 1 heterocycles. The van der Waals surface area contributed by atoms with Crippen LogP contribution in [0.3, 0.4) is 0 Å². The molecule has 0 spiro atoms. The number of carbonyl (C=O) groups excluding carboxylic acids is 2. The molecule has 1 fully saturated rings. The first-order chi connectivity index (χ1) is 10.5. The fourth-order valence-electron chi connectivity index (χ4n) is 3.98. The van der Waals surface area contributed by atoms with Gasteiger partial charge >= 0.3 is 11.9 Å². The summed E-state index contributed by atoms with van der Waals surface area (Å²) in [5.74, 6) is -2.27. The molecule has 1 aliphatic heterocycles. The third-order valence-corrected chi connectivity index (χ3v) is 5.03. The summed E-state index contributed by atoms with van der Waals surface area (Å²) in [6.45, 7) is 3.22. The molecule has 0 aromatic heterocycles. The minimum atomic E-state index is -1.20. The second-order valence-corrected chi connectivity index (χ2v) is 6.98. The lowest BCUT2D eigenvalue weighted by molar-refractivity contribution is -0.258. The van der Waals surface area contributed by atoms with Gasteiger partial charge in [0.25, 0.3) is 5.79 Å². The van der Waals surface area contributed by atoms with Crippen molar-refractivity contribution in [3.05, 3.63) is 24.3 Å². The van der Waals surface area contributed by atoms with E-state index in [-0.39, 0.29) is 11.8 Å². The van der Waals surface area contributed by atoms with Gasteiger partial charge in [-0.15, -0.1) is 0 Å². The fourth-order valence-corrected chi connectivity index (χ4v) is 3.98. The van der Waals surface area contributed by atoms with Gasteiger partial charge in [-0.25, -0.2) is 0 Å². The molecule has 120 valence electrons. The molecule has 0 bridgehead atoms. The summed E-state index contributed by atoms with van der Waals surface area (Å²) in [7, 11) is 0. The summed E-state index contributed by atoms with van der Waals surface area (Å²) in [6.07, 6.45) is 13.8. The molecule has 4 nitrogen and oxygen atoms in total. The van der Waals surface area contributed by atoms with Gasteiger partial charge in [0, 0.05) is 25.7 Å². The van der Waals surface area contributed by atoms with Crippen molar-refractivity contribution < 1.29 is 19.1 Å². The van der Waals surface area contributed by atoms with Crippen LogP contribution in [0.25, 0.3) is 0 Å². The van der Waals surface area contributed by atoms with Crippen LogP contribution >= 0.6 is 0 Å². The van der Waals surface area contributed by atoms with Crippen molar-refractivity contribution in [3.8, 4) is 0 Å². The maximum absolute atomic E-state index is 12.9. The lowest BCUT2D eigenvalue weighted by atomic mass is 9.61. The van der Waals surface area contributed by atoms with Gasteiger partial charge < -0.3 is 9.47 Å². The highest BCUT2D eigenvalue weighted by Gasteiger charge is 2.63. The average Bonchev–Trinajstić information content (AvgIpc) is 2.48. The number of carbonyl (C=O) groups is 2. The molecular weight excluding hydrogens is 280 g/mol. The molecule has 0 saturated carbocycles. The summed E-state index contributed by atoms with van der Waals surface area (Å²) < 4.78 is 11.0. The normalized spacial score (nSPS) is 33.2. The van der Waals surface area contributed by atoms with E-state index in [1.54, 1.807) is 13.8 Å². The SMILES string of the molecule is CC1(C)OC(=O)C(C2C=CCCC2)(C2C=CCCC2)C(=O)O1. The maximum atomic E-state index is 12.9. The van der Waals surface area contributed by atoms with Gasteiger partial charge in [-0.05, 0) is 38.5 Å². The number of esters is 2. The first kappa shape index (κ1) is 15.3. The molecule has 3 aliphatic rings. The van der Waals surface area contributed by atoms with E-state index in [1.165, 1.54) is 0 Å². The number of rotatable bonds is 2. The predicted octanol–water partition coefficient (Wildman–Crippen LogP) is 3.52. The second kappa shape index (κ2) is 5.56. The zero-order chi connectivity index (χ0) is 15.8. The van der Waals surface area contributed by atoms with E-state index >= 15 is 0 Å². The Kier molecular flexibility index (Phi) is 3.87. The Hall–Kier alpha value is -1.58. The first-order valence-corrected chi connectivity index (χ1v) is 8.27. The summed E-state index contributed by atoms with van der Waals surface area (Å²) in [4.78, 5) is 25.9. The van der Waals surface area contributed by atoms with Crippen LogP contribution in [0.15, 0.2) is 24.3 Å². The van der Waals surface area contributed by atoms with E-state index in [0.29, 0.717) is 0 Å². The van der Waals surface area contributed by atoms with Gasteiger partial charge in [0.15, 0.2) is 5.41 Å². The Bertz CT molecular complexity index is 483. The van der Waals surface area contributed by atoms with Crippen molar-refractivity contribution in [2.45, 2.75) is 58.2 Å².